The van der Waals surface area contributed by atoms with E-state index in [9.17, 15) is 4.79 Å². The number of guanidine groups is 1. The molecule has 0 atom stereocenters. The highest BCUT2D eigenvalue weighted by atomic mass is 35.5. The summed E-state index contributed by atoms with van der Waals surface area (Å²) >= 11 is 5.88. The van der Waals surface area contributed by atoms with Crippen molar-refractivity contribution >= 4 is 23.5 Å². The van der Waals surface area contributed by atoms with Gasteiger partial charge in [0.05, 0.1) is 5.54 Å². The zero-order chi connectivity index (χ0) is 18.1. The average molecular weight is 375 g/mol. The molecule has 9 heteroatoms. The maximum absolute atomic E-state index is 12.5. The van der Waals surface area contributed by atoms with Gasteiger partial charge in [-0.2, -0.15) is 4.98 Å². The molecule has 0 unspecified atom stereocenters. The fraction of sp³-hybridized carbons (Fsp3) is 0.412. The number of nitrogens with one attached hydrogen (secondary N) is 3. The van der Waals surface area contributed by atoms with Crippen LogP contribution < -0.4 is 10.6 Å². The van der Waals surface area contributed by atoms with Crippen LogP contribution >= 0.6 is 11.6 Å². The summed E-state index contributed by atoms with van der Waals surface area (Å²) < 4.78 is 5.23. The van der Waals surface area contributed by atoms with E-state index in [1.807, 2.05) is 17.0 Å². The van der Waals surface area contributed by atoms with Crippen molar-refractivity contribution in [3.05, 3.63) is 35.2 Å². The second-order valence-corrected chi connectivity index (χ2v) is 7.15. The number of amides is 1. The van der Waals surface area contributed by atoms with Crippen LogP contribution in [0.1, 0.15) is 18.7 Å². The number of likely N-dealkylation sites (tertiary alicyclic amines) is 1. The Kier molecular flexibility index (Phi) is 4.28. The smallest absolute Gasteiger partial charge is 0.236 e. The standard InChI is InChI=1S/C17H19ClN6O2/c18-12-3-1-11(2-4-12)15-21-13(26-23-15)9-14(25)24-7-5-17(6-8-24)10-20-16(19)22-17/h1-4H,5-10H2,(H3,19,20,22). The Balaban J connectivity index is 1.35. The fourth-order valence-electron chi connectivity index (χ4n) is 3.38. The normalized spacial score (nSPS) is 18.7. The van der Waals surface area contributed by atoms with Crippen molar-refractivity contribution < 1.29 is 9.32 Å². The molecular formula is C17H19ClN6O2. The Labute approximate surface area is 155 Å². The zero-order valence-corrected chi connectivity index (χ0v) is 14.8. The zero-order valence-electron chi connectivity index (χ0n) is 14.1. The van der Waals surface area contributed by atoms with Crippen molar-refractivity contribution in [2.24, 2.45) is 0 Å². The summed E-state index contributed by atoms with van der Waals surface area (Å²) in [4.78, 5) is 18.7. The number of hydrogen-bond acceptors (Lipinski definition) is 5. The first kappa shape index (κ1) is 16.8. The highest BCUT2D eigenvalue weighted by Gasteiger charge is 2.40. The minimum Gasteiger partial charge on any atom is -0.354 e. The van der Waals surface area contributed by atoms with E-state index in [4.69, 9.17) is 21.5 Å². The maximum Gasteiger partial charge on any atom is 0.236 e. The van der Waals surface area contributed by atoms with Gasteiger partial charge in [0.2, 0.25) is 17.6 Å². The van der Waals surface area contributed by atoms with Gasteiger partial charge in [-0.05, 0) is 37.1 Å². The van der Waals surface area contributed by atoms with E-state index >= 15 is 0 Å². The Bertz CT molecular complexity index is 826. The van der Waals surface area contributed by atoms with Crippen molar-refractivity contribution in [1.29, 1.82) is 5.41 Å². The van der Waals surface area contributed by atoms with E-state index in [-0.39, 0.29) is 17.9 Å². The molecule has 3 heterocycles. The molecule has 8 nitrogen and oxygen atoms in total. The SMILES string of the molecule is N=C1NCC2(CCN(C(=O)Cc3nc(-c4ccc(Cl)cc4)no3)CC2)N1. The van der Waals surface area contributed by atoms with Gasteiger partial charge in [-0.3, -0.25) is 10.2 Å². The third-order valence-electron chi connectivity index (χ3n) is 4.94. The van der Waals surface area contributed by atoms with E-state index in [1.54, 1.807) is 12.1 Å². The molecule has 1 aromatic carbocycles. The topological polar surface area (TPSA) is 107 Å². The van der Waals surface area contributed by atoms with E-state index < -0.39 is 0 Å². The van der Waals surface area contributed by atoms with Crippen LogP contribution in [-0.2, 0) is 11.2 Å². The van der Waals surface area contributed by atoms with Crippen molar-refractivity contribution in [1.82, 2.24) is 25.7 Å². The van der Waals surface area contributed by atoms with Crippen LogP contribution in [-0.4, -0.2) is 52.1 Å². The Morgan fingerprint density at radius 1 is 1.31 bits per heavy atom. The number of nitrogens with zero attached hydrogens (tertiary/aromatic N) is 3. The summed E-state index contributed by atoms with van der Waals surface area (Å²) in [5.74, 6) is 1.10. The summed E-state index contributed by atoms with van der Waals surface area (Å²) in [7, 11) is 0. The first-order valence-corrected chi connectivity index (χ1v) is 8.88. The van der Waals surface area contributed by atoms with E-state index in [1.165, 1.54) is 0 Å². The van der Waals surface area contributed by atoms with Crippen LogP contribution in [0.2, 0.25) is 5.02 Å². The van der Waals surface area contributed by atoms with Crippen molar-refractivity contribution in [2.45, 2.75) is 24.8 Å². The molecule has 2 fully saturated rings. The molecule has 2 aromatic rings. The molecule has 1 amide bonds. The molecule has 0 saturated carbocycles. The number of rotatable bonds is 3. The molecule has 0 radical (unpaired) electrons. The molecule has 2 aliphatic heterocycles. The summed E-state index contributed by atoms with van der Waals surface area (Å²) in [6, 6.07) is 7.13. The molecule has 1 spiro atoms. The van der Waals surface area contributed by atoms with Gasteiger partial charge in [-0.15, -0.1) is 0 Å². The maximum atomic E-state index is 12.5. The van der Waals surface area contributed by atoms with Crippen molar-refractivity contribution in [3.8, 4) is 11.4 Å². The Hall–Kier alpha value is -2.61. The minimum atomic E-state index is -0.0971. The Morgan fingerprint density at radius 3 is 2.69 bits per heavy atom. The van der Waals surface area contributed by atoms with E-state index in [0.29, 0.717) is 35.8 Å². The van der Waals surface area contributed by atoms with E-state index in [2.05, 4.69) is 20.8 Å². The number of aromatic nitrogens is 2. The van der Waals surface area contributed by atoms with Gasteiger partial charge < -0.3 is 20.1 Å². The molecular weight excluding hydrogens is 356 g/mol. The van der Waals surface area contributed by atoms with E-state index in [0.717, 1.165) is 24.9 Å². The second-order valence-electron chi connectivity index (χ2n) is 6.71. The number of carbonyl (C=O) groups excluding carboxylic acids is 1. The number of hydrogen-bond donors (Lipinski definition) is 3. The lowest BCUT2D eigenvalue weighted by molar-refractivity contribution is -0.132. The highest BCUT2D eigenvalue weighted by Crippen LogP contribution is 2.25. The predicted octanol–water partition coefficient (Wildman–Crippen LogP) is 1.42. The summed E-state index contributed by atoms with van der Waals surface area (Å²) in [6.45, 7) is 2.04. The molecule has 3 N–H and O–H groups in total. The number of halogens is 1. The third-order valence-corrected chi connectivity index (χ3v) is 5.19. The third kappa shape index (κ3) is 3.37. The minimum absolute atomic E-state index is 0.0211. The molecule has 136 valence electrons. The van der Waals surface area contributed by atoms with Gasteiger partial charge >= 0.3 is 0 Å². The van der Waals surface area contributed by atoms with Gasteiger partial charge in [0, 0.05) is 30.2 Å². The lowest BCUT2D eigenvalue weighted by Crippen LogP contribution is -2.53. The quantitative estimate of drug-likeness (QED) is 0.750. The van der Waals surface area contributed by atoms with Gasteiger partial charge in [0.15, 0.2) is 5.96 Å². The molecule has 4 rings (SSSR count). The first-order chi connectivity index (χ1) is 12.5. The summed E-state index contributed by atoms with van der Waals surface area (Å²) in [5, 5.41) is 18.4. The first-order valence-electron chi connectivity index (χ1n) is 8.50. The largest absolute Gasteiger partial charge is 0.354 e. The van der Waals surface area contributed by atoms with Crippen LogP contribution in [0.25, 0.3) is 11.4 Å². The molecule has 0 aliphatic carbocycles. The van der Waals surface area contributed by atoms with Crippen LogP contribution in [0.3, 0.4) is 0 Å². The van der Waals surface area contributed by atoms with Crippen LogP contribution in [0.15, 0.2) is 28.8 Å². The van der Waals surface area contributed by atoms with Gasteiger partial charge in [-0.1, -0.05) is 16.8 Å². The Morgan fingerprint density at radius 2 is 2.04 bits per heavy atom. The van der Waals surface area contributed by atoms with Crippen LogP contribution in [0.5, 0.6) is 0 Å². The summed E-state index contributed by atoms with van der Waals surface area (Å²) in [6.07, 6.45) is 1.72. The lowest BCUT2D eigenvalue weighted by atomic mass is 9.88. The average Bonchev–Trinajstić information content (AvgIpc) is 3.23. The molecule has 26 heavy (non-hydrogen) atoms. The van der Waals surface area contributed by atoms with Gasteiger partial charge in [0.1, 0.15) is 6.42 Å². The van der Waals surface area contributed by atoms with Gasteiger partial charge in [-0.25, -0.2) is 0 Å². The molecule has 0 bridgehead atoms. The predicted molar refractivity (Wildman–Crippen MR) is 95.9 cm³/mol. The summed E-state index contributed by atoms with van der Waals surface area (Å²) in [5.41, 5.74) is 0.694. The van der Waals surface area contributed by atoms with Gasteiger partial charge in [0.25, 0.3) is 0 Å². The lowest BCUT2D eigenvalue weighted by Gasteiger charge is -2.38. The molecule has 2 saturated heterocycles. The fourth-order valence-corrected chi connectivity index (χ4v) is 3.51. The monoisotopic (exact) mass is 374 g/mol. The van der Waals surface area contributed by atoms with Crippen molar-refractivity contribution in [2.75, 3.05) is 19.6 Å². The number of benzene rings is 1. The van der Waals surface area contributed by atoms with Crippen LogP contribution in [0.4, 0.5) is 0 Å². The molecule has 1 aromatic heterocycles. The number of carbonyl (C=O) groups is 1. The molecule has 2 aliphatic rings. The number of piperidine rings is 1. The highest BCUT2D eigenvalue weighted by molar-refractivity contribution is 6.30. The van der Waals surface area contributed by atoms with Crippen molar-refractivity contribution in [3.63, 3.8) is 0 Å². The second kappa shape index (κ2) is 6.60. The van der Waals surface area contributed by atoms with Crippen LogP contribution in [0, 0.1) is 5.41 Å².